The minimum absolute atomic E-state index is 0.0338. The molecule has 0 aliphatic heterocycles. The Morgan fingerprint density at radius 3 is 2.14 bits per heavy atom. The molecule has 2 aromatic rings. The molecule has 0 bridgehead atoms. The van der Waals surface area contributed by atoms with Gasteiger partial charge >= 0.3 is 6.61 Å². The van der Waals surface area contributed by atoms with Crippen molar-refractivity contribution in [2.75, 3.05) is 5.32 Å². The minimum atomic E-state index is -3.70. The van der Waals surface area contributed by atoms with Gasteiger partial charge in [0, 0.05) is 12.2 Å². The van der Waals surface area contributed by atoms with Gasteiger partial charge in [0.1, 0.15) is 5.75 Å². The molecule has 0 atom stereocenters. The van der Waals surface area contributed by atoms with Crippen LogP contribution in [0.25, 0.3) is 0 Å². The lowest BCUT2D eigenvalue weighted by Crippen LogP contribution is -2.12. The second kappa shape index (κ2) is 6.71. The van der Waals surface area contributed by atoms with E-state index in [2.05, 4.69) is 10.1 Å². The molecule has 0 aromatic heterocycles. The summed E-state index contributed by atoms with van der Waals surface area (Å²) in [5.74, 6) is 0.0938. The van der Waals surface area contributed by atoms with E-state index < -0.39 is 16.6 Å². The number of halogens is 2. The summed E-state index contributed by atoms with van der Waals surface area (Å²) >= 11 is 0. The molecular weight excluding hydrogens is 314 g/mol. The number of nitrogens with two attached hydrogens (primary N) is 1. The van der Waals surface area contributed by atoms with Gasteiger partial charge in [0.05, 0.1) is 4.90 Å². The van der Waals surface area contributed by atoms with Crippen molar-refractivity contribution in [3.63, 3.8) is 0 Å². The number of sulfonamides is 1. The normalized spacial score (nSPS) is 11.5. The lowest BCUT2D eigenvalue weighted by atomic mass is 10.2. The summed E-state index contributed by atoms with van der Waals surface area (Å²) in [6.45, 7) is -2.40. The van der Waals surface area contributed by atoms with E-state index in [-0.39, 0.29) is 10.6 Å². The molecule has 0 radical (unpaired) electrons. The monoisotopic (exact) mass is 328 g/mol. The molecule has 0 aliphatic rings. The molecule has 0 fully saturated rings. The van der Waals surface area contributed by atoms with Gasteiger partial charge in [-0.1, -0.05) is 12.1 Å². The highest BCUT2D eigenvalue weighted by atomic mass is 32.2. The van der Waals surface area contributed by atoms with Crippen LogP contribution < -0.4 is 15.2 Å². The molecule has 118 valence electrons. The van der Waals surface area contributed by atoms with Gasteiger partial charge in [-0.3, -0.25) is 0 Å². The Balaban J connectivity index is 1.95. The standard InChI is InChI=1S/C14H14F2N2O3S/c15-14(16)21-12-5-1-10(2-6-12)9-18-11-3-7-13(8-4-11)22(17,19)20/h1-8,14,18H,9H2,(H2,17,19,20). The van der Waals surface area contributed by atoms with E-state index in [1.54, 1.807) is 24.3 Å². The Hall–Kier alpha value is -2.19. The van der Waals surface area contributed by atoms with Crippen LogP contribution in [-0.2, 0) is 16.6 Å². The van der Waals surface area contributed by atoms with E-state index in [1.807, 2.05) is 0 Å². The van der Waals surface area contributed by atoms with Gasteiger partial charge in [0.15, 0.2) is 0 Å². The van der Waals surface area contributed by atoms with E-state index >= 15 is 0 Å². The Morgan fingerprint density at radius 1 is 1.05 bits per heavy atom. The fourth-order valence-corrected chi connectivity index (χ4v) is 2.27. The third kappa shape index (κ3) is 4.68. The number of ether oxygens (including phenoxy) is 1. The molecule has 0 saturated carbocycles. The fraction of sp³-hybridized carbons (Fsp3) is 0.143. The van der Waals surface area contributed by atoms with Gasteiger partial charge < -0.3 is 10.1 Å². The predicted molar refractivity (Wildman–Crippen MR) is 78.2 cm³/mol. The van der Waals surface area contributed by atoms with Crippen LogP contribution in [0.2, 0.25) is 0 Å². The first-order valence-corrected chi connectivity index (χ1v) is 7.80. The summed E-state index contributed by atoms with van der Waals surface area (Å²) in [7, 11) is -3.70. The van der Waals surface area contributed by atoms with Crippen molar-refractivity contribution in [3.05, 3.63) is 54.1 Å². The Kier molecular flexibility index (Phi) is 4.94. The molecule has 8 heteroatoms. The first kappa shape index (κ1) is 16.2. The van der Waals surface area contributed by atoms with E-state index in [4.69, 9.17) is 5.14 Å². The predicted octanol–water partition coefficient (Wildman–Crippen LogP) is 2.55. The summed E-state index contributed by atoms with van der Waals surface area (Å²) < 4.78 is 50.5. The number of anilines is 1. The summed E-state index contributed by atoms with van der Waals surface area (Å²) in [4.78, 5) is 0.0338. The average molecular weight is 328 g/mol. The Morgan fingerprint density at radius 2 is 1.64 bits per heavy atom. The van der Waals surface area contributed by atoms with E-state index in [0.717, 1.165) is 5.56 Å². The Labute approximate surface area is 126 Å². The molecule has 0 spiro atoms. The minimum Gasteiger partial charge on any atom is -0.435 e. The van der Waals surface area contributed by atoms with Crippen molar-refractivity contribution in [2.24, 2.45) is 5.14 Å². The van der Waals surface area contributed by atoms with E-state index in [0.29, 0.717) is 12.2 Å². The second-order valence-corrected chi connectivity index (χ2v) is 6.01. The third-order valence-corrected chi connectivity index (χ3v) is 3.76. The highest BCUT2D eigenvalue weighted by Crippen LogP contribution is 2.17. The Bertz CT molecular complexity index is 717. The molecule has 22 heavy (non-hydrogen) atoms. The first-order chi connectivity index (χ1) is 10.3. The topological polar surface area (TPSA) is 81.4 Å². The third-order valence-electron chi connectivity index (χ3n) is 2.83. The first-order valence-electron chi connectivity index (χ1n) is 6.25. The quantitative estimate of drug-likeness (QED) is 0.854. The molecule has 0 amide bonds. The van der Waals surface area contributed by atoms with Crippen LogP contribution >= 0.6 is 0 Å². The maximum absolute atomic E-state index is 12.0. The highest BCUT2D eigenvalue weighted by molar-refractivity contribution is 7.89. The van der Waals surface area contributed by atoms with Crippen LogP contribution in [0.4, 0.5) is 14.5 Å². The molecule has 0 aliphatic carbocycles. The molecule has 5 nitrogen and oxygen atoms in total. The smallest absolute Gasteiger partial charge is 0.387 e. The van der Waals surface area contributed by atoms with Crippen LogP contribution in [0.15, 0.2) is 53.4 Å². The summed E-state index contributed by atoms with van der Waals surface area (Å²) in [5, 5.41) is 8.08. The molecule has 0 heterocycles. The van der Waals surface area contributed by atoms with Crippen molar-refractivity contribution in [3.8, 4) is 5.75 Å². The van der Waals surface area contributed by atoms with Gasteiger partial charge in [-0.05, 0) is 42.0 Å². The summed E-state index contributed by atoms with van der Waals surface area (Å²) in [6.07, 6.45) is 0. The molecular formula is C14H14F2N2O3S. The fourth-order valence-electron chi connectivity index (χ4n) is 1.76. The van der Waals surface area contributed by atoms with Crippen LogP contribution in [0.1, 0.15) is 5.56 Å². The van der Waals surface area contributed by atoms with Crippen LogP contribution in [-0.4, -0.2) is 15.0 Å². The van der Waals surface area contributed by atoms with Crippen molar-refractivity contribution in [1.29, 1.82) is 0 Å². The number of benzene rings is 2. The summed E-state index contributed by atoms with van der Waals surface area (Å²) in [6, 6.07) is 12.2. The van der Waals surface area contributed by atoms with Crippen LogP contribution in [0.3, 0.4) is 0 Å². The van der Waals surface area contributed by atoms with Gasteiger partial charge in [-0.2, -0.15) is 8.78 Å². The SMILES string of the molecule is NS(=O)(=O)c1ccc(NCc2ccc(OC(F)F)cc2)cc1. The van der Waals surface area contributed by atoms with Crippen LogP contribution in [0, 0.1) is 0 Å². The second-order valence-electron chi connectivity index (χ2n) is 4.45. The number of nitrogens with one attached hydrogen (secondary N) is 1. The van der Waals surface area contributed by atoms with Gasteiger partial charge in [-0.15, -0.1) is 0 Å². The zero-order valence-corrected chi connectivity index (χ0v) is 12.2. The zero-order valence-electron chi connectivity index (χ0n) is 11.4. The summed E-state index contributed by atoms with van der Waals surface area (Å²) in [5.41, 5.74) is 1.57. The zero-order chi connectivity index (χ0) is 16.2. The van der Waals surface area contributed by atoms with Crippen LogP contribution in [0.5, 0.6) is 5.75 Å². The van der Waals surface area contributed by atoms with E-state index in [1.165, 1.54) is 24.3 Å². The maximum Gasteiger partial charge on any atom is 0.387 e. The van der Waals surface area contributed by atoms with Crippen molar-refractivity contribution < 1.29 is 21.9 Å². The molecule has 0 unspecified atom stereocenters. The molecule has 2 rings (SSSR count). The largest absolute Gasteiger partial charge is 0.435 e. The number of hydrogen-bond acceptors (Lipinski definition) is 4. The number of alkyl halides is 2. The molecule has 0 saturated heterocycles. The van der Waals surface area contributed by atoms with Gasteiger partial charge in [-0.25, -0.2) is 13.6 Å². The lowest BCUT2D eigenvalue weighted by Gasteiger charge is -2.08. The highest BCUT2D eigenvalue weighted by Gasteiger charge is 2.07. The van der Waals surface area contributed by atoms with Gasteiger partial charge in [0.2, 0.25) is 10.0 Å². The van der Waals surface area contributed by atoms with Gasteiger partial charge in [0.25, 0.3) is 0 Å². The molecule has 3 N–H and O–H groups in total. The van der Waals surface area contributed by atoms with E-state index in [9.17, 15) is 17.2 Å². The average Bonchev–Trinajstić information content (AvgIpc) is 2.45. The van der Waals surface area contributed by atoms with Crippen molar-refractivity contribution in [1.82, 2.24) is 0 Å². The maximum atomic E-state index is 12.0. The number of rotatable bonds is 6. The number of hydrogen-bond donors (Lipinski definition) is 2. The van der Waals surface area contributed by atoms with Crippen molar-refractivity contribution in [2.45, 2.75) is 18.1 Å². The number of primary sulfonamides is 1. The molecule has 2 aromatic carbocycles. The van der Waals surface area contributed by atoms with Crippen molar-refractivity contribution >= 4 is 15.7 Å². The lowest BCUT2D eigenvalue weighted by molar-refractivity contribution is -0.0498.